The zero-order chi connectivity index (χ0) is 18.6. The monoisotopic (exact) mass is 386 g/mol. The molecule has 1 N–H and O–H groups in total. The number of nitrogens with one attached hydrogen (secondary N) is 1. The summed E-state index contributed by atoms with van der Waals surface area (Å²) in [5, 5.41) is 3.28. The van der Waals surface area contributed by atoms with Gasteiger partial charge in [0.1, 0.15) is 0 Å². The second-order valence-corrected chi connectivity index (χ2v) is 6.01. The van der Waals surface area contributed by atoms with E-state index >= 15 is 0 Å². The third-order valence-electron chi connectivity index (χ3n) is 3.36. The molecule has 0 fully saturated rings. The van der Waals surface area contributed by atoms with Gasteiger partial charge in [0.25, 0.3) is 0 Å². The van der Waals surface area contributed by atoms with Crippen molar-refractivity contribution in [3.05, 3.63) is 58.1 Å². The fourth-order valence-corrected chi connectivity index (χ4v) is 2.43. The predicted octanol–water partition coefficient (Wildman–Crippen LogP) is 4.65. The summed E-state index contributed by atoms with van der Waals surface area (Å²) >= 11 is 11.7. The number of anilines is 2. The minimum atomic E-state index is -1.07. The van der Waals surface area contributed by atoms with Gasteiger partial charge in [-0.1, -0.05) is 23.2 Å². The van der Waals surface area contributed by atoms with Crippen molar-refractivity contribution in [3.63, 3.8) is 0 Å². The standard InChI is InChI=1S/C17H14Cl2F2N2O2/c1-10(24)23(12-3-5-15(20)16(21)9-12)7-6-17(25)22-11-2-4-13(18)14(19)8-11/h2-5,8-9H,6-7H2,1H3,(H,22,25). The molecule has 2 aromatic rings. The quantitative estimate of drug-likeness (QED) is 0.812. The highest BCUT2D eigenvalue weighted by Crippen LogP contribution is 2.25. The van der Waals surface area contributed by atoms with Crippen molar-refractivity contribution in [2.45, 2.75) is 13.3 Å². The van der Waals surface area contributed by atoms with E-state index in [1.807, 2.05) is 0 Å². The molecule has 0 atom stereocenters. The van der Waals surface area contributed by atoms with Crippen LogP contribution in [0.1, 0.15) is 13.3 Å². The van der Waals surface area contributed by atoms with E-state index in [9.17, 15) is 18.4 Å². The Hall–Kier alpha value is -2.18. The summed E-state index contributed by atoms with van der Waals surface area (Å²) < 4.78 is 26.4. The molecule has 0 unspecified atom stereocenters. The van der Waals surface area contributed by atoms with Gasteiger partial charge in [-0.25, -0.2) is 8.78 Å². The Bertz CT molecular complexity index is 815. The van der Waals surface area contributed by atoms with Gasteiger partial charge in [0.2, 0.25) is 11.8 Å². The summed E-state index contributed by atoms with van der Waals surface area (Å²) in [6.07, 6.45) is -0.0428. The molecule has 2 aromatic carbocycles. The molecule has 8 heteroatoms. The lowest BCUT2D eigenvalue weighted by molar-refractivity contribution is -0.117. The predicted molar refractivity (Wildman–Crippen MR) is 94.1 cm³/mol. The largest absolute Gasteiger partial charge is 0.326 e. The number of hydrogen-bond acceptors (Lipinski definition) is 2. The van der Waals surface area contributed by atoms with E-state index in [0.717, 1.165) is 12.1 Å². The Morgan fingerprint density at radius 1 is 1.04 bits per heavy atom. The van der Waals surface area contributed by atoms with Crippen LogP contribution in [0, 0.1) is 11.6 Å². The van der Waals surface area contributed by atoms with Crippen LogP contribution in [0.2, 0.25) is 10.0 Å². The summed E-state index contributed by atoms with van der Waals surface area (Å²) in [6, 6.07) is 7.74. The molecule has 4 nitrogen and oxygen atoms in total. The maximum absolute atomic E-state index is 13.3. The molecule has 0 bridgehead atoms. The third kappa shape index (κ3) is 5.14. The first kappa shape index (κ1) is 19.1. The van der Waals surface area contributed by atoms with Gasteiger partial charge in [0.05, 0.1) is 10.0 Å². The zero-order valence-electron chi connectivity index (χ0n) is 13.2. The van der Waals surface area contributed by atoms with E-state index < -0.39 is 17.5 Å². The van der Waals surface area contributed by atoms with Gasteiger partial charge < -0.3 is 10.2 Å². The molecule has 0 saturated heterocycles. The van der Waals surface area contributed by atoms with Crippen LogP contribution in [0.4, 0.5) is 20.2 Å². The number of nitrogens with zero attached hydrogens (tertiary/aromatic N) is 1. The van der Waals surface area contributed by atoms with Crippen LogP contribution in [0.15, 0.2) is 36.4 Å². The second-order valence-electron chi connectivity index (χ2n) is 5.20. The number of carbonyl (C=O) groups is 2. The molecule has 0 saturated carbocycles. The van der Waals surface area contributed by atoms with Crippen molar-refractivity contribution in [2.24, 2.45) is 0 Å². The van der Waals surface area contributed by atoms with Crippen LogP contribution in [-0.4, -0.2) is 18.4 Å². The summed E-state index contributed by atoms with van der Waals surface area (Å²) in [4.78, 5) is 25.0. The molecule has 2 amide bonds. The van der Waals surface area contributed by atoms with Gasteiger partial charge in [0, 0.05) is 37.3 Å². The minimum Gasteiger partial charge on any atom is -0.326 e. The topological polar surface area (TPSA) is 49.4 Å². The van der Waals surface area contributed by atoms with Gasteiger partial charge in [-0.15, -0.1) is 0 Å². The smallest absolute Gasteiger partial charge is 0.226 e. The summed E-state index contributed by atoms with van der Waals surface area (Å²) in [5.74, 6) is -2.84. The van der Waals surface area contributed by atoms with Crippen LogP contribution in [-0.2, 0) is 9.59 Å². The van der Waals surface area contributed by atoms with Crippen LogP contribution >= 0.6 is 23.2 Å². The van der Waals surface area contributed by atoms with E-state index in [1.54, 1.807) is 12.1 Å². The Labute approximate surface area is 153 Å². The molecule has 0 aliphatic heterocycles. The van der Waals surface area contributed by atoms with Crippen LogP contribution in [0.25, 0.3) is 0 Å². The minimum absolute atomic E-state index is 0.00750. The van der Waals surface area contributed by atoms with E-state index in [1.165, 1.54) is 24.0 Å². The Morgan fingerprint density at radius 2 is 1.76 bits per heavy atom. The molecule has 25 heavy (non-hydrogen) atoms. The number of carbonyl (C=O) groups excluding carboxylic acids is 2. The van der Waals surface area contributed by atoms with Crippen LogP contribution < -0.4 is 10.2 Å². The third-order valence-corrected chi connectivity index (χ3v) is 4.10. The summed E-state index contributed by atoms with van der Waals surface area (Å²) in [5.41, 5.74) is 0.635. The second kappa shape index (κ2) is 8.27. The van der Waals surface area contributed by atoms with Crippen molar-refractivity contribution < 1.29 is 18.4 Å². The zero-order valence-corrected chi connectivity index (χ0v) is 14.7. The average molecular weight is 387 g/mol. The van der Waals surface area contributed by atoms with Gasteiger partial charge in [-0.05, 0) is 30.3 Å². The first-order valence-electron chi connectivity index (χ1n) is 7.26. The number of halogens is 4. The van der Waals surface area contributed by atoms with Crippen molar-refractivity contribution in [3.8, 4) is 0 Å². The fourth-order valence-electron chi connectivity index (χ4n) is 2.13. The SMILES string of the molecule is CC(=O)N(CCC(=O)Nc1ccc(Cl)c(Cl)c1)c1ccc(F)c(F)c1. The molecule has 0 spiro atoms. The van der Waals surface area contributed by atoms with Gasteiger partial charge in [-0.3, -0.25) is 9.59 Å². The number of hydrogen-bond donors (Lipinski definition) is 1. The molecular formula is C17H14Cl2F2N2O2. The number of rotatable bonds is 5. The van der Waals surface area contributed by atoms with E-state index in [-0.39, 0.29) is 24.6 Å². The highest BCUT2D eigenvalue weighted by Gasteiger charge is 2.15. The van der Waals surface area contributed by atoms with Gasteiger partial charge in [0.15, 0.2) is 11.6 Å². The highest BCUT2D eigenvalue weighted by molar-refractivity contribution is 6.42. The number of benzene rings is 2. The van der Waals surface area contributed by atoms with Gasteiger partial charge >= 0.3 is 0 Å². The van der Waals surface area contributed by atoms with Crippen LogP contribution in [0.3, 0.4) is 0 Å². The van der Waals surface area contributed by atoms with Gasteiger partial charge in [-0.2, -0.15) is 0 Å². The summed E-state index contributed by atoms with van der Waals surface area (Å²) in [7, 11) is 0. The Kier molecular flexibility index (Phi) is 6.33. The highest BCUT2D eigenvalue weighted by atomic mass is 35.5. The molecule has 0 aliphatic carbocycles. The van der Waals surface area contributed by atoms with Crippen molar-refractivity contribution in [1.29, 1.82) is 0 Å². The van der Waals surface area contributed by atoms with Crippen molar-refractivity contribution in [2.75, 3.05) is 16.8 Å². The Balaban J connectivity index is 2.02. The van der Waals surface area contributed by atoms with E-state index in [2.05, 4.69) is 5.32 Å². The molecule has 0 radical (unpaired) electrons. The normalized spacial score (nSPS) is 10.4. The molecule has 0 heterocycles. The maximum Gasteiger partial charge on any atom is 0.226 e. The molecule has 2 rings (SSSR count). The molecule has 0 aromatic heterocycles. The average Bonchev–Trinajstić information content (AvgIpc) is 2.54. The van der Waals surface area contributed by atoms with Crippen molar-refractivity contribution >= 4 is 46.4 Å². The van der Waals surface area contributed by atoms with Crippen LogP contribution in [0.5, 0.6) is 0 Å². The lowest BCUT2D eigenvalue weighted by atomic mass is 10.2. The number of amides is 2. The van der Waals surface area contributed by atoms with E-state index in [4.69, 9.17) is 23.2 Å². The molecule has 0 aliphatic rings. The molecular weight excluding hydrogens is 373 g/mol. The van der Waals surface area contributed by atoms with E-state index in [0.29, 0.717) is 15.7 Å². The lowest BCUT2D eigenvalue weighted by Gasteiger charge is -2.21. The van der Waals surface area contributed by atoms with Crippen molar-refractivity contribution in [1.82, 2.24) is 0 Å². The first-order valence-corrected chi connectivity index (χ1v) is 8.01. The fraction of sp³-hybridized carbons (Fsp3) is 0.176. The first-order chi connectivity index (χ1) is 11.8. The lowest BCUT2D eigenvalue weighted by Crippen LogP contribution is -2.32. The molecule has 132 valence electrons. The summed E-state index contributed by atoms with van der Waals surface area (Å²) in [6.45, 7) is 1.28. The Morgan fingerprint density at radius 3 is 2.36 bits per heavy atom. The maximum atomic E-state index is 13.3.